The zero-order chi connectivity index (χ0) is 20.4. The van der Waals surface area contributed by atoms with Gasteiger partial charge in [0.15, 0.2) is 17.7 Å². The molecular weight excluding hydrogens is 378 g/mol. The third-order valence-corrected chi connectivity index (χ3v) is 5.31. The van der Waals surface area contributed by atoms with Crippen LogP contribution in [0.4, 0.5) is 8.78 Å². The molecule has 2 heterocycles. The van der Waals surface area contributed by atoms with Crippen LogP contribution in [-0.4, -0.2) is 41.8 Å². The highest BCUT2D eigenvalue weighted by molar-refractivity contribution is 5.99. The summed E-state index contributed by atoms with van der Waals surface area (Å²) in [6.45, 7) is 2.53. The second-order valence-corrected chi connectivity index (χ2v) is 7.28. The number of halogens is 2. The summed E-state index contributed by atoms with van der Waals surface area (Å²) in [7, 11) is 0. The van der Waals surface area contributed by atoms with E-state index in [1.165, 1.54) is 23.8 Å². The molecule has 0 spiro atoms. The fraction of sp³-hybridized carbons (Fsp3) is 0.318. The first kappa shape index (κ1) is 19.4. The van der Waals surface area contributed by atoms with E-state index in [-0.39, 0.29) is 22.9 Å². The minimum Gasteiger partial charge on any atom is -0.504 e. The van der Waals surface area contributed by atoms with Crippen LogP contribution in [-0.2, 0) is 0 Å². The van der Waals surface area contributed by atoms with Gasteiger partial charge in [0.1, 0.15) is 17.2 Å². The largest absolute Gasteiger partial charge is 0.504 e. The van der Waals surface area contributed by atoms with Crippen LogP contribution >= 0.6 is 0 Å². The van der Waals surface area contributed by atoms with Crippen LogP contribution in [0.15, 0.2) is 42.5 Å². The molecule has 1 amide bonds. The van der Waals surface area contributed by atoms with Gasteiger partial charge in [-0.1, -0.05) is 18.2 Å². The van der Waals surface area contributed by atoms with Gasteiger partial charge in [-0.15, -0.1) is 0 Å². The molecule has 2 aliphatic heterocycles. The van der Waals surface area contributed by atoms with E-state index >= 15 is 0 Å². The summed E-state index contributed by atoms with van der Waals surface area (Å²) in [6, 6.07) is 8.78. The monoisotopic (exact) mass is 400 g/mol. The molecule has 2 N–H and O–H groups in total. The number of phenols is 1. The summed E-state index contributed by atoms with van der Waals surface area (Å²) in [5, 5.41) is 12.5. The van der Waals surface area contributed by atoms with Crippen LogP contribution in [0, 0.1) is 11.6 Å². The van der Waals surface area contributed by atoms with Crippen molar-refractivity contribution in [3.63, 3.8) is 0 Å². The Morgan fingerprint density at radius 1 is 1.17 bits per heavy atom. The predicted molar refractivity (Wildman–Crippen MR) is 105 cm³/mol. The summed E-state index contributed by atoms with van der Waals surface area (Å²) in [4.78, 5) is 14.4. The maximum atomic E-state index is 13.8. The van der Waals surface area contributed by atoms with Crippen molar-refractivity contribution in [1.82, 2.24) is 10.2 Å². The highest BCUT2D eigenvalue weighted by Crippen LogP contribution is 2.35. The number of hydrogen-bond donors (Lipinski definition) is 2. The number of fused-ring (bicyclic) bond motifs is 1. The van der Waals surface area contributed by atoms with Crippen LogP contribution in [0.5, 0.6) is 11.5 Å². The summed E-state index contributed by atoms with van der Waals surface area (Å²) in [5.41, 5.74) is 2.02. The van der Waals surface area contributed by atoms with Crippen LogP contribution in [0.25, 0.3) is 5.57 Å². The Kier molecular flexibility index (Phi) is 5.49. The topological polar surface area (TPSA) is 61.8 Å². The molecule has 2 aromatic carbocycles. The lowest BCUT2D eigenvalue weighted by atomic mass is 9.99. The predicted octanol–water partition coefficient (Wildman–Crippen LogP) is 3.69. The van der Waals surface area contributed by atoms with Gasteiger partial charge >= 0.3 is 0 Å². The number of aromatic hydroxyl groups is 1. The molecule has 0 saturated carbocycles. The van der Waals surface area contributed by atoms with Gasteiger partial charge in [0.25, 0.3) is 5.91 Å². The van der Waals surface area contributed by atoms with Crippen molar-refractivity contribution >= 4 is 11.5 Å². The SMILES string of the molecule is O=C1NC(CCCN2CC=C(c3ccc(F)cc3)CC2)Oc2c(O)ccc(F)c21. The molecule has 4 rings (SSSR count). The lowest BCUT2D eigenvalue weighted by molar-refractivity contribution is 0.0709. The lowest BCUT2D eigenvalue weighted by Crippen LogP contribution is -2.44. The Balaban J connectivity index is 1.29. The fourth-order valence-electron chi connectivity index (χ4n) is 3.74. The molecule has 0 bridgehead atoms. The quantitative estimate of drug-likeness (QED) is 0.804. The highest BCUT2D eigenvalue weighted by Gasteiger charge is 2.30. The van der Waals surface area contributed by atoms with Crippen molar-refractivity contribution in [2.75, 3.05) is 19.6 Å². The second kappa shape index (κ2) is 8.21. The Hall–Kier alpha value is -2.93. The van der Waals surface area contributed by atoms with Gasteiger partial charge in [-0.25, -0.2) is 8.78 Å². The first-order valence-electron chi connectivity index (χ1n) is 9.67. The lowest BCUT2D eigenvalue weighted by Gasteiger charge is -2.29. The third-order valence-electron chi connectivity index (χ3n) is 5.31. The van der Waals surface area contributed by atoms with Gasteiger partial charge < -0.3 is 15.2 Å². The normalized spacial score (nSPS) is 19.2. The minimum absolute atomic E-state index is 0.0939. The van der Waals surface area contributed by atoms with Crippen molar-refractivity contribution in [2.45, 2.75) is 25.5 Å². The van der Waals surface area contributed by atoms with E-state index in [2.05, 4.69) is 16.3 Å². The molecule has 7 heteroatoms. The first-order chi connectivity index (χ1) is 14.0. The van der Waals surface area contributed by atoms with E-state index in [1.807, 2.05) is 0 Å². The molecule has 0 saturated heterocycles. The van der Waals surface area contributed by atoms with E-state index in [0.29, 0.717) is 6.42 Å². The minimum atomic E-state index is -0.717. The second-order valence-electron chi connectivity index (χ2n) is 7.28. The molecule has 0 aromatic heterocycles. The Morgan fingerprint density at radius 2 is 1.97 bits per heavy atom. The Labute approximate surface area is 167 Å². The van der Waals surface area contributed by atoms with Crippen molar-refractivity contribution < 1.29 is 23.4 Å². The van der Waals surface area contributed by atoms with Gasteiger partial charge in [-0.3, -0.25) is 9.69 Å². The van der Waals surface area contributed by atoms with Crippen molar-refractivity contribution in [3.05, 3.63) is 65.2 Å². The van der Waals surface area contributed by atoms with Gasteiger partial charge in [0.2, 0.25) is 0 Å². The van der Waals surface area contributed by atoms with Crippen LogP contribution in [0.2, 0.25) is 0 Å². The number of benzene rings is 2. The van der Waals surface area contributed by atoms with Gasteiger partial charge in [-0.2, -0.15) is 0 Å². The van der Waals surface area contributed by atoms with Crippen molar-refractivity contribution in [2.24, 2.45) is 0 Å². The van der Waals surface area contributed by atoms with Crippen LogP contribution < -0.4 is 10.1 Å². The molecule has 5 nitrogen and oxygen atoms in total. The molecule has 0 aliphatic carbocycles. The number of nitrogens with one attached hydrogen (secondary N) is 1. The zero-order valence-corrected chi connectivity index (χ0v) is 15.8. The van der Waals surface area contributed by atoms with Crippen LogP contribution in [0.1, 0.15) is 35.2 Å². The highest BCUT2D eigenvalue weighted by atomic mass is 19.1. The average Bonchev–Trinajstić information content (AvgIpc) is 2.72. The Bertz CT molecular complexity index is 944. The number of hydrogen-bond acceptors (Lipinski definition) is 4. The number of ether oxygens (including phenoxy) is 1. The summed E-state index contributed by atoms with van der Waals surface area (Å²) in [6.07, 6.45) is 3.77. The molecule has 0 fully saturated rings. The maximum Gasteiger partial charge on any atom is 0.261 e. The van der Waals surface area contributed by atoms with Crippen molar-refractivity contribution in [3.8, 4) is 11.5 Å². The van der Waals surface area contributed by atoms with Crippen LogP contribution in [0.3, 0.4) is 0 Å². The molecule has 1 unspecified atom stereocenters. The van der Waals surface area contributed by atoms with Crippen molar-refractivity contribution in [1.29, 1.82) is 0 Å². The number of amides is 1. The number of carbonyl (C=O) groups excluding carboxylic acids is 1. The van der Waals surface area contributed by atoms with E-state index in [0.717, 1.165) is 44.1 Å². The van der Waals surface area contributed by atoms with E-state index in [9.17, 15) is 18.7 Å². The molecule has 152 valence electrons. The number of nitrogens with zero attached hydrogens (tertiary/aromatic N) is 1. The standard InChI is InChI=1S/C22H22F2N2O3/c23-16-5-3-14(4-6-16)15-9-12-26(13-10-15)11-1-2-19-25-22(28)20-17(24)7-8-18(27)21(20)29-19/h3-9,19,27H,1-2,10-13H2,(H,25,28). The molecule has 2 aliphatic rings. The smallest absolute Gasteiger partial charge is 0.261 e. The van der Waals surface area contributed by atoms with E-state index in [1.54, 1.807) is 12.1 Å². The van der Waals surface area contributed by atoms with Gasteiger partial charge in [0, 0.05) is 19.5 Å². The molecule has 1 atom stereocenters. The number of rotatable bonds is 5. The molecule has 0 radical (unpaired) electrons. The van der Waals surface area contributed by atoms with E-state index < -0.39 is 18.0 Å². The molecular formula is C22H22F2N2O3. The maximum absolute atomic E-state index is 13.8. The summed E-state index contributed by atoms with van der Waals surface area (Å²) in [5.74, 6) is -1.86. The third kappa shape index (κ3) is 4.24. The number of carbonyl (C=O) groups is 1. The number of phenolic OH excluding ortho intramolecular Hbond substituents is 1. The van der Waals surface area contributed by atoms with Gasteiger partial charge in [-0.05, 0) is 54.8 Å². The van der Waals surface area contributed by atoms with Gasteiger partial charge in [0.05, 0.1) is 0 Å². The Morgan fingerprint density at radius 3 is 2.69 bits per heavy atom. The summed E-state index contributed by atoms with van der Waals surface area (Å²) >= 11 is 0. The average molecular weight is 400 g/mol. The zero-order valence-electron chi connectivity index (χ0n) is 15.8. The summed E-state index contributed by atoms with van der Waals surface area (Å²) < 4.78 is 32.5. The molecule has 2 aromatic rings. The van der Waals surface area contributed by atoms with E-state index in [4.69, 9.17) is 4.74 Å². The first-order valence-corrected chi connectivity index (χ1v) is 9.67. The molecule has 29 heavy (non-hydrogen) atoms. The fourth-order valence-corrected chi connectivity index (χ4v) is 3.74.